The van der Waals surface area contributed by atoms with E-state index in [2.05, 4.69) is 52.5 Å². The zero-order valence-corrected chi connectivity index (χ0v) is 15.5. The Morgan fingerprint density at radius 3 is 2.39 bits per heavy atom. The first-order valence-electron chi connectivity index (χ1n) is 5.31. The summed E-state index contributed by atoms with van der Waals surface area (Å²) >= 11 is 9.87. The van der Waals surface area contributed by atoms with Crippen LogP contribution in [0.2, 0.25) is 0 Å². The molecule has 1 atom stereocenters. The molecule has 1 aromatic rings. The van der Waals surface area contributed by atoms with Crippen LogP contribution in [0.1, 0.15) is 13.8 Å². The number of nitrogens with one attached hydrogen (secondary N) is 1. The van der Waals surface area contributed by atoms with Gasteiger partial charge in [-0.25, -0.2) is 13.1 Å². The van der Waals surface area contributed by atoms with Crippen LogP contribution in [0.4, 0.5) is 0 Å². The number of rotatable bonds is 5. The van der Waals surface area contributed by atoms with Crippen molar-refractivity contribution in [1.29, 1.82) is 0 Å². The first-order chi connectivity index (χ1) is 8.27. The molecule has 3 nitrogen and oxygen atoms in total. The molecule has 0 aliphatic rings. The molecule has 0 aliphatic heterocycles. The third kappa shape index (κ3) is 4.30. The highest BCUT2D eigenvalue weighted by atomic mass is 79.9. The Hall–Kier alpha value is 0.570. The van der Waals surface area contributed by atoms with E-state index in [4.69, 9.17) is 0 Å². The third-order valence-electron chi connectivity index (χ3n) is 2.46. The Labute approximate surface area is 133 Å². The molecular weight excluding hydrogens is 450 g/mol. The van der Waals surface area contributed by atoms with Gasteiger partial charge in [0.1, 0.15) is 0 Å². The van der Waals surface area contributed by atoms with Crippen LogP contribution in [-0.2, 0) is 10.0 Å². The maximum absolute atomic E-state index is 12.3. The molecule has 0 saturated carbocycles. The number of hydrogen-bond acceptors (Lipinski definition) is 2. The van der Waals surface area contributed by atoms with E-state index < -0.39 is 10.0 Å². The fraction of sp³-hybridized carbons (Fsp3) is 0.455. The summed E-state index contributed by atoms with van der Waals surface area (Å²) in [7, 11) is -3.53. The van der Waals surface area contributed by atoms with Gasteiger partial charge in [0.2, 0.25) is 10.0 Å². The second-order valence-electron chi connectivity index (χ2n) is 4.20. The SMILES string of the molecule is CC(C)C(CBr)NS(=O)(=O)c1cc(Br)ccc1Br. The number of halogens is 3. The Bertz CT molecular complexity index is 517. The van der Waals surface area contributed by atoms with Gasteiger partial charge >= 0.3 is 0 Å². The summed E-state index contributed by atoms with van der Waals surface area (Å²) in [5.41, 5.74) is 0. The highest BCUT2D eigenvalue weighted by Gasteiger charge is 2.23. The van der Waals surface area contributed by atoms with Gasteiger partial charge in [0.25, 0.3) is 0 Å². The second-order valence-corrected chi connectivity index (χ2v) is 8.30. The minimum atomic E-state index is -3.53. The van der Waals surface area contributed by atoms with Crippen LogP contribution in [0.25, 0.3) is 0 Å². The largest absolute Gasteiger partial charge is 0.242 e. The molecule has 0 radical (unpaired) electrons. The standard InChI is InChI=1S/C11H14Br3NO2S/c1-7(2)10(6-12)15-18(16,17)11-5-8(13)3-4-9(11)14/h3-5,7,10,15H,6H2,1-2H3. The van der Waals surface area contributed by atoms with Crippen LogP contribution < -0.4 is 4.72 Å². The second kappa shape index (κ2) is 6.83. The third-order valence-corrected chi connectivity index (χ3v) is 6.13. The van der Waals surface area contributed by atoms with Crippen molar-refractivity contribution >= 4 is 57.8 Å². The zero-order chi connectivity index (χ0) is 13.9. The fourth-order valence-electron chi connectivity index (χ4n) is 1.29. The zero-order valence-electron chi connectivity index (χ0n) is 9.95. The van der Waals surface area contributed by atoms with Crippen LogP contribution in [-0.4, -0.2) is 19.8 Å². The predicted octanol–water partition coefficient (Wildman–Crippen LogP) is 3.91. The summed E-state index contributed by atoms with van der Waals surface area (Å²) in [4.78, 5) is 0.239. The number of sulfonamides is 1. The van der Waals surface area contributed by atoms with E-state index in [9.17, 15) is 8.42 Å². The van der Waals surface area contributed by atoms with E-state index in [0.717, 1.165) is 4.47 Å². The molecule has 0 aromatic heterocycles. The fourth-order valence-corrected chi connectivity index (χ4v) is 5.30. The van der Waals surface area contributed by atoms with E-state index in [1.54, 1.807) is 18.2 Å². The summed E-state index contributed by atoms with van der Waals surface area (Å²) in [6, 6.07) is 4.93. The maximum atomic E-state index is 12.3. The Morgan fingerprint density at radius 1 is 1.28 bits per heavy atom. The van der Waals surface area contributed by atoms with E-state index in [1.807, 2.05) is 13.8 Å². The lowest BCUT2D eigenvalue weighted by Gasteiger charge is -2.20. The van der Waals surface area contributed by atoms with Gasteiger partial charge < -0.3 is 0 Å². The molecule has 1 N–H and O–H groups in total. The van der Waals surface area contributed by atoms with Crippen molar-refractivity contribution in [3.63, 3.8) is 0 Å². The van der Waals surface area contributed by atoms with Crippen molar-refractivity contribution in [3.05, 3.63) is 27.1 Å². The highest BCUT2D eigenvalue weighted by molar-refractivity contribution is 9.11. The van der Waals surface area contributed by atoms with Crippen LogP contribution in [0, 0.1) is 5.92 Å². The van der Waals surface area contributed by atoms with Crippen LogP contribution in [0.15, 0.2) is 32.0 Å². The molecule has 0 bridgehead atoms. The number of benzene rings is 1. The molecule has 0 heterocycles. The van der Waals surface area contributed by atoms with Crippen molar-refractivity contribution in [2.45, 2.75) is 24.8 Å². The van der Waals surface area contributed by atoms with Crippen LogP contribution in [0.3, 0.4) is 0 Å². The average Bonchev–Trinajstić information content (AvgIpc) is 2.28. The van der Waals surface area contributed by atoms with Gasteiger partial charge in [-0.3, -0.25) is 0 Å². The van der Waals surface area contributed by atoms with Crippen LogP contribution >= 0.6 is 47.8 Å². The number of alkyl halides is 1. The Morgan fingerprint density at radius 2 is 1.89 bits per heavy atom. The lowest BCUT2D eigenvalue weighted by Crippen LogP contribution is -2.39. The van der Waals surface area contributed by atoms with E-state index in [0.29, 0.717) is 9.80 Å². The van der Waals surface area contributed by atoms with Gasteiger partial charge in [-0.15, -0.1) is 0 Å². The topological polar surface area (TPSA) is 46.2 Å². The monoisotopic (exact) mass is 461 g/mol. The molecule has 0 saturated heterocycles. The molecule has 0 fully saturated rings. The summed E-state index contributed by atoms with van der Waals surface area (Å²) in [6.07, 6.45) is 0. The minimum Gasteiger partial charge on any atom is -0.207 e. The predicted molar refractivity (Wildman–Crippen MR) is 84.6 cm³/mol. The molecule has 7 heteroatoms. The van der Waals surface area contributed by atoms with Crippen molar-refractivity contribution in [2.24, 2.45) is 5.92 Å². The molecule has 1 unspecified atom stereocenters. The number of hydrogen-bond donors (Lipinski definition) is 1. The Kier molecular flexibility index (Phi) is 6.31. The average molecular weight is 464 g/mol. The maximum Gasteiger partial charge on any atom is 0.242 e. The minimum absolute atomic E-state index is 0.138. The summed E-state index contributed by atoms with van der Waals surface area (Å²) in [5.74, 6) is 0.213. The molecule has 0 aliphatic carbocycles. The van der Waals surface area contributed by atoms with Crippen molar-refractivity contribution in [1.82, 2.24) is 4.72 Å². The first-order valence-corrected chi connectivity index (χ1v) is 9.50. The smallest absolute Gasteiger partial charge is 0.207 e. The molecule has 1 aromatic carbocycles. The van der Waals surface area contributed by atoms with Gasteiger partial charge in [0.05, 0.1) is 4.90 Å². The molecular formula is C11H14Br3NO2S. The van der Waals surface area contributed by atoms with E-state index in [-0.39, 0.29) is 16.9 Å². The van der Waals surface area contributed by atoms with E-state index >= 15 is 0 Å². The summed E-state index contributed by atoms with van der Waals surface area (Å²) in [6.45, 7) is 3.95. The molecule has 18 heavy (non-hydrogen) atoms. The highest BCUT2D eigenvalue weighted by Crippen LogP contribution is 2.26. The molecule has 102 valence electrons. The van der Waals surface area contributed by atoms with Gasteiger partial charge in [-0.05, 0) is 40.0 Å². The van der Waals surface area contributed by atoms with Gasteiger partial charge in [0, 0.05) is 20.3 Å². The summed E-state index contributed by atoms with van der Waals surface area (Å²) < 4.78 is 28.6. The normalized spacial score (nSPS) is 13.9. The lowest BCUT2D eigenvalue weighted by atomic mass is 10.1. The Balaban J connectivity index is 3.10. The first kappa shape index (κ1) is 16.6. The molecule has 1 rings (SSSR count). The summed E-state index contributed by atoms with van der Waals surface area (Å²) in [5, 5.41) is 0.579. The lowest BCUT2D eigenvalue weighted by molar-refractivity contribution is 0.483. The van der Waals surface area contributed by atoms with Gasteiger partial charge in [0.15, 0.2) is 0 Å². The van der Waals surface area contributed by atoms with Crippen molar-refractivity contribution in [3.8, 4) is 0 Å². The molecule has 0 spiro atoms. The van der Waals surface area contributed by atoms with E-state index in [1.165, 1.54) is 0 Å². The molecule has 0 amide bonds. The van der Waals surface area contributed by atoms with Crippen LogP contribution in [0.5, 0.6) is 0 Å². The quantitative estimate of drug-likeness (QED) is 0.673. The van der Waals surface area contributed by atoms with Crippen molar-refractivity contribution in [2.75, 3.05) is 5.33 Å². The van der Waals surface area contributed by atoms with Gasteiger partial charge in [-0.2, -0.15) is 0 Å². The van der Waals surface area contributed by atoms with Gasteiger partial charge in [-0.1, -0.05) is 45.7 Å². The van der Waals surface area contributed by atoms with Crippen molar-refractivity contribution < 1.29 is 8.42 Å².